The molecule has 7 nitrogen and oxygen atoms in total. The average molecular weight is 376 g/mol. The highest BCUT2D eigenvalue weighted by Gasteiger charge is 2.12. The highest BCUT2D eigenvalue weighted by atomic mass is 16.5. The predicted octanol–water partition coefficient (Wildman–Crippen LogP) is 4.17. The molecule has 0 atom stereocenters. The van der Waals surface area contributed by atoms with E-state index in [2.05, 4.69) is 10.3 Å². The van der Waals surface area contributed by atoms with Gasteiger partial charge < -0.3 is 19.5 Å². The number of hydrogen-bond acceptors (Lipinski definition) is 6. The molecule has 0 bridgehead atoms. The van der Waals surface area contributed by atoms with Crippen LogP contribution in [0.4, 0.5) is 11.6 Å². The van der Waals surface area contributed by atoms with Crippen LogP contribution in [0.5, 0.6) is 17.2 Å². The smallest absolute Gasteiger partial charge is 0.213 e. The number of aromatic nitrogens is 3. The number of ether oxygens (including phenoxy) is 3. The Morgan fingerprint density at radius 1 is 0.893 bits per heavy atom. The minimum atomic E-state index is 0.646. The molecular formula is C21H20N4O3. The first kappa shape index (κ1) is 17.7. The van der Waals surface area contributed by atoms with Gasteiger partial charge in [-0.1, -0.05) is 6.07 Å². The normalized spacial score (nSPS) is 10.7. The molecule has 0 aliphatic rings. The van der Waals surface area contributed by atoms with Gasteiger partial charge in [-0.15, -0.1) is 0 Å². The Bertz CT molecular complexity index is 1120. The fourth-order valence-electron chi connectivity index (χ4n) is 2.98. The van der Waals surface area contributed by atoms with E-state index >= 15 is 0 Å². The number of rotatable bonds is 6. The third kappa shape index (κ3) is 3.29. The first-order chi connectivity index (χ1) is 13.7. The molecule has 0 amide bonds. The number of anilines is 2. The van der Waals surface area contributed by atoms with Crippen molar-refractivity contribution in [1.29, 1.82) is 0 Å². The van der Waals surface area contributed by atoms with Gasteiger partial charge in [0.2, 0.25) is 5.95 Å². The summed E-state index contributed by atoms with van der Waals surface area (Å²) in [6, 6.07) is 15.3. The summed E-state index contributed by atoms with van der Waals surface area (Å²) in [7, 11) is 4.87. The van der Waals surface area contributed by atoms with Gasteiger partial charge in [0.25, 0.3) is 0 Å². The summed E-state index contributed by atoms with van der Waals surface area (Å²) < 4.78 is 17.9. The summed E-state index contributed by atoms with van der Waals surface area (Å²) in [6.45, 7) is 0. The topological polar surface area (TPSA) is 69.9 Å². The van der Waals surface area contributed by atoms with Crippen molar-refractivity contribution >= 4 is 17.3 Å². The van der Waals surface area contributed by atoms with Crippen molar-refractivity contribution < 1.29 is 14.2 Å². The molecule has 0 unspecified atom stereocenters. The predicted molar refractivity (Wildman–Crippen MR) is 108 cm³/mol. The number of hydrogen-bond donors (Lipinski definition) is 1. The quantitative estimate of drug-likeness (QED) is 0.545. The average Bonchev–Trinajstić information content (AvgIpc) is 3.22. The van der Waals surface area contributed by atoms with Crippen LogP contribution in [0.3, 0.4) is 0 Å². The van der Waals surface area contributed by atoms with Crippen molar-refractivity contribution in [1.82, 2.24) is 14.4 Å². The fraction of sp³-hybridized carbons (Fsp3) is 0.143. The van der Waals surface area contributed by atoms with Gasteiger partial charge in [0.05, 0.1) is 27.0 Å². The highest BCUT2D eigenvalue weighted by Crippen LogP contribution is 2.32. The first-order valence-corrected chi connectivity index (χ1v) is 8.69. The lowest BCUT2D eigenvalue weighted by atomic mass is 10.1. The maximum absolute atomic E-state index is 5.42. The minimum absolute atomic E-state index is 0.646. The molecule has 0 radical (unpaired) electrons. The lowest BCUT2D eigenvalue weighted by Gasteiger charge is -2.13. The van der Waals surface area contributed by atoms with E-state index in [1.54, 1.807) is 27.5 Å². The summed E-state index contributed by atoms with van der Waals surface area (Å²) >= 11 is 0. The standard InChI is InChI=1S/C21H20N4O3/c1-26-16-6-4-5-15(12-16)23-21-24-17(13-20-22-9-10-25(20)21)14-7-8-18(27-2)19(11-14)28-3/h4-13H,1-3H3,(H,23,24). The molecular weight excluding hydrogens is 356 g/mol. The number of benzene rings is 2. The second-order valence-corrected chi connectivity index (χ2v) is 6.05. The van der Waals surface area contributed by atoms with Crippen molar-refractivity contribution in [2.45, 2.75) is 0 Å². The van der Waals surface area contributed by atoms with Gasteiger partial charge in [-0.3, -0.25) is 4.40 Å². The summed E-state index contributed by atoms with van der Waals surface area (Å²) in [5.41, 5.74) is 3.32. The molecule has 0 aliphatic heterocycles. The molecule has 28 heavy (non-hydrogen) atoms. The lowest BCUT2D eigenvalue weighted by Crippen LogP contribution is -2.03. The van der Waals surface area contributed by atoms with E-state index < -0.39 is 0 Å². The zero-order valence-electron chi connectivity index (χ0n) is 15.8. The molecule has 0 saturated heterocycles. The monoisotopic (exact) mass is 376 g/mol. The molecule has 4 rings (SSSR count). The van der Waals surface area contributed by atoms with Crippen molar-refractivity contribution in [3.05, 3.63) is 60.9 Å². The van der Waals surface area contributed by atoms with Crippen LogP contribution in [0.1, 0.15) is 0 Å². The molecule has 2 aromatic heterocycles. The van der Waals surface area contributed by atoms with Gasteiger partial charge in [0.1, 0.15) is 11.4 Å². The van der Waals surface area contributed by atoms with Crippen LogP contribution in [0.25, 0.3) is 16.9 Å². The fourth-order valence-corrected chi connectivity index (χ4v) is 2.98. The third-order valence-corrected chi connectivity index (χ3v) is 4.39. The zero-order chi connectivity index (χ0) is 19.5. The maximum atomic E-state index is 5.42. The largest absolute Gasteiger partial charge is 0.497 e. The van der Waals surface area contributed by atoms with E-state index in [1.165, 1.54) is 0 Å². The van der Waals surface area contributed by atoms with E-state index in [4.69, 9.17) is 19.2 Å². The molecule has 2 aromatic carbocycles. The van der Waals surface area contributed by atoms with Crippen LogP contribution in [0, 0.1) is 0 Å². The number of methoxy groups -OCH3 is 3. The third-order valence-electron chi connectivity index (χ3n) is 4.39. The van der Waals surface area contributed by atoms with Crippen LogP contribution in [-0.4, -0.2) is 35.7 Å². The minimum Gasteiger partial charge on any atom is -0.497 e. The van der Waals surface area contributed by atoms with Crippen molar-refractivity contribution in [3.63, 3.8) is 0 Å². The molecule has 4 aromatic rings. The summed E-state index contributed by atoms with van der Waals surface area (Å²) in [5.74, 6) is 2.73. The number of nitrogens with zero attached hydrogens (tertiary/aromatic N) is 3. The molecule has 0 fully saturated rings. The molecule has 0 spiro atoms. The molecule has 142 valence electrons. The summed E-state index contributed by atoms with van der Waals surface area (Å²) in [6.07, 6.45) is 3.61. The molecule has 1 N–H and O–H groups in total. The van der Waals surface area contributed by atoms with Gasteiger partial charge >= 0.3 is 0 Å². The molecule has 7 heteroatoms. The van der Waals surface area contributed by atoms with Crippen LogP contribution >= 0.6 is 0 Å². The Balaban J connectivity index is 1.79. The van der Waals surface area contributed by atoms with Crippen molar-refractivity contribution in [2.24, 2.45) is 0 Å². The van der Waals surface area contributed by atoms with Gasteiger partial charge in [-0.05, 0) is 30.3 Å². The van der Waals surface area contributed by atoms with Gasteiger partial charge in [-0.25, -0.2) is 9.97 Å². The van der Waals surface area contributed by atoms with Gasteiger partial charge in [0, 0.05) is 35.8 Å². The molecule has 0 aliphatic carbocycles. The summed E-state index contributed by atoms with van der Waals surface area (Å²) in [5, 5.41) is 3.34. The van der Waals surface area contributed by atoms with Crippen molar-refractivity contribution in [3.8, 4) is 28.5 Å². The van der Waals surface area contributed by atoms with Crippen LogP contribution in [0.2, 0.25) is 0 Å². The zero-order valence-corrected chi connectivity index (χ0v) is 15.8. The first-order valence-electron chi connectivity index (χ1n) is 8.69. The van der Waals surface area contributed by atoms with Crippen LogP contribution in [0.15, 0.2) is 60.9 Å². The van der Waals surface area contributed by atoms with E-state index in [0.717, 1.165) is 28.3 Å². The SMILES string of the molecule is COc1cccc(Nc2nc(-c3ccc(OC)c(OC)c3)cc3nccn23)c1. The second kappa shape index (κ2) is 7.48. The number of fused-ring (bicyclic) bond motifs is 1. The Kier molecular flexibility index (Phi) is 4.72. The number of nitrogens with one attached hydrogen (secondary N) is 1. The van der Waals surface area contributed by atoms with Gasteiger partial charge in [0.15, 0.2) is 11.5 Å². The second-order valence-electron chi connectivity index (χ2n) is 6.05. The van der Waals surface area contributed by atoms with E-state index in [1.807, 2.05) is 59.1 Å². The van der Waals surface area contributed by atoms with E-state index in [0.29, 0.717) is 17.4 Å². The van der Waals surface area contributed by atoms with Crippen LogP contribution < -0.4 is 19.5 Å². The Labute approximate surface area is 162 Å². The highest BCUT2D eigenvalue weighted by molar-refractivity contribution is 5.70. The Morgan fingerprint density at radius 2 is 1.75 bits per heavy atom. The van der Waals surface area contributed by atoms with Crippen LogP contribution in [-0.2, 0) is 0 Å². The van der Waals surface area contributed by atoms with Crippen molar-refractivity contribution in [2.75, 3.05) is 26.6 Å². The Morgan fingerprint density at radius 3 is 2.54 bits per heavy atom. The molecule has 2 heterocycles. The summed E-state index contributed by atoms with van der Waals surface area (Å²) in [4.78, 5) is 9.22. The maximum Gasteiger partial charge on any atom is 0.213 e. The Hall–Kier alpha value is -3.74. The van der Waals surface area contributed by atoms with E-state index in [9.17, 15) is 0 Å². The number of imidazole rings is 1. The van der Waals surface area contributed by atoms with Gasteiger partial charge in [-0.2, -0.15) is 0 Å². The molecule has 0 saturated carbocycles. The van der Waals surface area contributed by atoms with E-state index in [-0.39, 0.29) is 0 Å². The lowest BCUT2D eigenvalue weighted by molar-refractivity contribution is 0.355.